The number of nitrogens with two attached hydrogens (primary N) is 1. The predicted octanol–water partition coefficient (Wildman–Crippen LogP) is 3.51. The summed E-state index contributed by atoms with van der Waals surface area (Å²) in [4.78, 5) is 7.48. The third kappa shape index (κ3) is 3.98. The Kier molecular flexibility index (Phi) is 3.98. The Bertz CT molecular complexity index is 622. The summed E-state index contributed by atoms with van der Waals surface area (Å²) in [5.41, 5.74) is 5.38. The summed E-state index contributed by atoms with van der Waals surface area (Å²) < 4.78 is 45.6. The average molecular weight is 350 g/mol. The van der Waals surface area contributed by atoms with E-state index in [1.54, 1.807) is 0 Å². The van der Waals surface area contributed by atoms with Crippen LogP contribution in [0.3, 0.4) is 0 Å². The highest BCUT2D eigenvalue weighted by Gasteiger charge is 2.32. The van der Waals surface area contributed by atoms with E-state index in [2.05, 4.69) is 30.6 Å². The fraction of sp³-hybridized carbons (Fsp3) is 0.0909. The molecular weight excluding hydrogens is 343 g/mol. The van der Waals surface area contributed by atoms with Crippen molar-refractivity contribution in [3.8, 4) is 17.4 Å². The maximum Gasteiger partial charge on any atom is 0.573 e. The molecule has 1 heterocycles. The molecule has 0 saturated carbocycles. The van der Waals surface area contributed by atoms with Gasteiger partial charge in [0.15, 0.2) is 0 Å². The van der Waals surface area contributed by atoms with Crippen molar-refractivity contribution >= 4 is 21.9 Å². The number of halogens is 4. The number of nitrogen functional groups attached to an aromatic ring is 1. The molecule has 0 amide bonds. The smallest absolute Gasteiger partial charge is 0.439 e. The zero-order valence-corrected chi connectivity index (χ0v) is 11.3. The van der Waals surface area contributed by atoms with Gasteiger partial charge in [0.2, 0.25) is 11.8 Å². The minimum atomic E-state index is -4.76. The highest BCUT2D eigenvalue weighted by atomic mass is 79.9. The molecule has 0 atom stereocenters. The number of rotatable bonds is 3. The van der Waals surface area contributed by atoms with Gasteiger partial charge >= 0.3 is 6.36 Å². The Balaban J connectivity index is 2.17. The van der Waals surface area contributed by atoms with E-state index in [4.69, 9.17) is 10.5 Å². The van der Waals surface area contributed by atoms with E-state index in [-0.39, 0.29) is 27.8 Å². The zero-order chi connectivity index (χ0) is 14.8. The molecule has 0 aliphatic rings. The monoisotopic (exact) mass is 349 g/mol. The molecule has 0 spiro atoms. The fourth-order valence-electron chi connectivity index (χ4n) is 1.29. The van der Waals surface area contributed by atoms with Crippen molar-refractivity contribution in [3.05, 3.63) is 34.9 Å². The van der Waals surface area contributed by atoms with Crippen molar-refractivity contribution in [2.75, 3.05) is 5.73 Å². The van der Waals surface area contributed by atoms with Crippen molar-refractivity contribution in [1.29, 1.82) is 0 Å². The Hall–Kier alpha value is -2.03. The molecule has 2 N–H and O–H groups in total. The van der Waals surface area contributed by atoms with Crippen molar-refractivity contribution in [2.45, 2.75) is 6.36 Å². The van der Waals surface area contributed by atoms with Crippen molar-refractivity contribution in [2.24, 2.45) is 0 Å². The molecule has 2 rings (SSSR count). The first-order chi connectivity index (χ1) is 9.33. The summed E-state index contributed by atoms with van der Waals surface area (Å²) in [7, 11) is 0. The van der Waals surface area contributed by atoms with Gasteiger partial charge in [0.1, 0.15) is 11.5 Å². The highest BCUT2D eigenvalue weighted by Crippen LogP contribution is 2.34. The third-order valence-electron chi connectivity index (χ3n) is 2.00. The molecular formula is C11H7BrF3N3O2. The van der Waals surface area contributed by atoms with Crippen LogP contribution in [0.25, 0.3) is 0 Å². The maximum atomic E-state index is 12.1. The molecule has 0 aliphatic carbocycles. The number of hydrogen-bond donors (Lipinski definition) is 1. The lowest BCUT2D eigenvalue weighted by Crippen LogP contribution is -2.17. The van der Waals surface area contributed by atoms with Gasteiger partial charge in [-0.25, -0.2) is 4.98 Å². The van der Waals surface area contributed by atoms with Gasteiger partial charge in [-0.2, -0.15) is 4.98 Å². The van der Waals surface area contributed by atoms with Gasteiger partial charge in [0.05, 0.1) is 4.47 Å². The quantitative estimate of drug-likeness (QED) is 0.917. The number of anilines is 1. The Morgan fingerprint density at radius 1 is 1.20 bits per heavy atom. The third-order valence-corrected chi connectivity index (χ3v) is 2.62. The molecule has 2 aromatic rings. The van der Waals surface area contributed by atoms with Crippen molar-refractivity contribution in [3.63, 3.8) is 0 Å². The topological polar surface area (TPSA) is 70.3 Å². The molecule has 20 heavy (non-hydrogen) atoms. The summed E-state index contributed by atoms with van der Waals surface area (Å²) in [6, 6.07) is 5.21. The molecule has 5 nitrogen and oxygen atoms in total. The molecule has 9 heteroatoms. The number of hydrogen-bond acceptors (Lipinski definition) is 5. The molecule has 0 bridgehead atoms. The minimum absolute atomic E-state index is 0.0265. The molecule has 106 valence electrons. The van der Waals surface area contributed by atoms with Crippen LogP contribution in [0.4, 0.5) is 19.1 Å². The zero-order valence-electron chi connectivity index (χ0n) is 9.69. The van der Waals surface area contributed by atoms with E-state index in [0.29, 0.717) is 0 Å². The molecule has 0 aliphatic heterocycles. The van der Waals surface area contributed by atoms with E-state index in [0.717, 1.165) is 6.07 Å². The molecule has 0 saturated heterocycles. The second-order valence-electron chi connectivity index (χ2n) is 3.50. The van der Waals surface area contributed by atoms with Crippen molar-refractivity contribution < 1.29 is 22.6 Å². The number of ether oxygens (including phenoxy) is 2. The van der Waals surface area contributed by atoms with E-state index >= 15 is 0 Å². The van der Waals surface area contributed by atoms with Crippen LogP contribution < -0.4 is 15.2 Å². The Morgan fingerprint density at radius 2 is 1.95 bits per heavy atom. The number of aromatic nitrogens is 2. The van der Waals surface area contributed by atoms with Gasteiger partial charge in [-0.1, -0.05) is 0 Å². The first kappa shape index (κ1) is 14.4. The standard InChI is InChI=1S/C11H7BrF3N3O2/c12-7-5-6(1-2-8(7)20-11(13,14)15)19-9-3-4-17-10(16)18-9/h1-5H,(H2,16,17,18). The normalized spacial score (nSPS) is 11.2. The SMILES string of the molecule is Nc1nccc(Oc2ccc(OC(F)(F)F)c(Br)c2)n1. The molecule has 1 aromatic heterocycles. The molecule has 0 unspecified atom stereocenters. The first-order valence-corrected chi connectivity index (χ1v) is 5.94. The summed E-state index contributed by atoms with van der Waals surface area (Å²) >= 11 is 2.97. The summed E-state index contributed by atoms with van der Waals surface area (Å²) in [6.45, 7) is 0. The molecule has 0 radical (unpaired) electrons. The van der Waals surface area contributed by atoms with Gasteiger partial charge < -0.3 is 15.2 Å². The van der Waals surface area contributed by atoms with E-state index in [9.17, 15) is 13.2 Å². The lowest BCUT2D eigenvalue weighted by atomic mass is 10.3. The minimum Gasteiger partial charge on any atom is -0.439 e. The van der Waals surface area contributed by atoms with Gasteiger partial charge in [-0.05, 0) is 34.1 Å². The summed E-state index contributed by atoms with van der Waals surface area (Å²) in [5.74, 6) is 0.101. The van der Waals surface area contributed by atoms with Gasteiger partial charge in [-0.3, -0.25) is 0 Å². The summed E-state index contributed by atoms with van der Waals surface area (Å²) in [5, 5.41) is 0. The fourth-order valence-corrected chi connectivity index (χ4v) is 1.73. The van der Waals surface area contributed by atoms with Crippen LogP contribution in [-0.4, -0.2) is 16.3 Å². The van der Waals surface area contributed by atoms with E-state index in [1.807, 2.05) is 0 Å². The molecule has 1 aromatic carbocycles. The average Bonchev–Trinajstić information content (AvgIpc) is 2.31. The van der Waals surface area contributed by atoms with E-state index < -0.39 is 6.36 Å². The van der Waals surface area contributed by atoms with Crippen LogP contribution in [0.5, 0.6) is 17.4 Å². The second-order valence-corrected chi connectivity index (χ2v) is 4.35. The number of nitrogens with zero attached hydrogens (tertiary/aromatic N) is 2. The van der Waals surface area contributed by atoms with Gasteiger partial charge in [0.25, 0.3) is 0 Å². The van der Waals surface area contributed by atoms with Gasteiger partial charge in [-0.15, -0.1) is 13.2 Å². The lowest BCUT2D eigenvalue weighted by Gasteiger charge is -2.11. The maximum absolute atomic E-state index is 12.1. The van der Waals surface area contributed by atoms with Crippen LogP contribution in [-0.2, 0) is 0 Å². The number of alkyl halides is 3. The molecule has 0 fully saturated rings. The van der Waals surface area contributed by atoms with E-state index in [1.165, 1.54) is 24.4 Å². The largest absolute Gasteiger partial charge is 0.573 e. The first-order valence-electron chi connectivity index (χ1n) is 5.15. The second kappa shape index (κ2) is 5.53. The number of benzene rings is 1. The van der Waals surface area contributed by atoms with Crippen LogP contribution in [0, 0.1) is 0 Å². The van der Waals surface area contributed by atoms with Crippen molar-refractivity contribution in [1.82, 2.24) is 9.97 Å². The lowest BCUT2D eigenvalue weighted by molar-refractivity contribution is -0.274. The van der Waals surface area contributed by atoms with Crippen LogP contribution in [0.15, 0.2) is 34.9 Å². The highest BCUT2D eigenvalue weighted by molar-refractivity contribution is 9.10. The predicted molar refractivity (Wildman–Crippen MR) is 67.3 cm³/mol. The van der Waals surface area contributed by atoms with Crippen LogP contribution in [0.2, 0.25) is 0 Å². The summed E-state index contributed by atoms with van der Waals surface area (Å²) in [6.07, 6.45) is -3.36. The van der Waals surface area contributed by atoms with Crippen LogP contribution >= 0.6 is 15.9 Å². The Labute approximate surface area is 119 Å². The van der Waals surface area contributed by atoms with Gasteiger partial charge in [0, 0.05) is 12.3 Å². The van der Waals surface area contributed by atoms with Crippen LogP contribution in [0.1, 0.15) is 0 Å². The Morgan fingerprint density at radius 3 is 2.55 bits per heavy atom.